The van der Waals surface area contributed by atoms with Crippen LogP contribution in [0.3, 0.4) is 0 Å². The van der Waals surface area contributed by atoms with E-state index in [0.717, 1.165) is 64.8 Å². The molecule has 3 aliphatic heterocycles. The minimum absolute atomic E-state index is 0.0586. The molecule has 1 atom stereocenters. The first-order chi connectivity index (χ1) is 21.5. The molecule has 4 heterocycles. The van der Waals surface area contributed by atoms with Gasteiger partial charge in [0.25, 0.3) is 11.8 Å². The Morgan fingerprint density at radius 3 is 2.42 bits per heavy atom. The summed E-state index contributed by atoms with van der Waals surface area (Å²) in [6.07, 6.45) is 9.29. The fraction of sp³-hybridized carbons (Fsp3) is 0.676. The van der Waals surface area contributed by atoms with Gasteiger partial charge in [-0.3, -0.25) is 9.59 Å². The summed E-state index contributed by atoms with van der Waals surface area (Å²) in [4.78, 5) is 36.7. The van der Waals surface area contributed by atoms with Crippen molar-refractivity contribution in [1.82, 2.24) is 30.3 Å². The molecule has 45 heavy (non-hydrogen) atoms. The van der Waals surface area contributed by atoms with Crippen LogP contribution >= 0.6 is 0 Å². The number of carbonyl (C=O) groups excluding carboxylic acids is 2. The number of likely N-dealkylation sites (tertiary alicyclic amines) is 1. The molecule has 244 valence electrons. The molecule has 1 aliphatic carbocycles. The summed E-state index contributed by atoms with van der Waals surface area (Å²) in [5.74, 6) is 1.33. The summed E-state index contributed by atoms with van der Waals surface area (Å²) < 4.78 is 20.5. The van der Waals surface area contributed by atoms with Crippen LogP contribution in [0.1, 0.15) is 89.9 Å². The van der Waals surface area contributed by atoms with Crippen molar-refractivity contribution in [1.29, 1.82) is 0 Å². The van der Waals surface area contributed by atoms with E-state index in [0.29, 0.717) is 11.7 Å². The average Bonchev–Trinajstić information content (AvgIpc) is 3.26. The predicted octanol–water partition coefficient (Wildman–Crippen LogP) is 5.05. The van der Waals surface area contributed by atoms with Crippen LogP contribution in [-0.2, 0) is 4.79 Å². The molecule has 1 N–H and O–H groups in total. The van der Waals surface area contributed by atoms with Crippen molar-refractivity contribution in [2.75, 3.05) is 37.6 Å². The first kappa shape index (κ1) is 31.6. The van der Waals surface area contributed by atoms with Gasteiger partial charge in [0.1, 0.15) is 17.9 Å². The number of amides is 2. The van der Waals surface area contributed by atoms with E-state index in [2.05, 4.69) is 37.2 Å². The van der Waals surface area contributed by atoms with E-state index in [1.165, 1.54) is 37.4 Å². The Balaban J connectivity index is 1.05. The molecule has 1 aromatic heterocycles. The quantitative estimate of drug-likeness (QED) is 0.437. The molecule has 10 nitrogen and oxygen atoms in total. The number of hydrogen-bond acceptors (Lipinski definition) is 8. The molecular formula is C34H48FN7O3. The Morgan fingerprint density at radius 1 is 1.11 bits per heavy atom. The number of ether oxygens (including phenoxy) is 1. The van der Waals surface area contributed by atoms with Crippen molar-refractivity contribution in [3.8, 4) is 11.6 Å². The van der Waals surface area contributed by atoms with Gasteiger partial charge in [-0.2, -0.15) is 0 Å². The van der Waals surface area contributed by atoms with Gasteiger partial charge in [0.05, 0.1) is 5.56 Å². The molecule has 4 fully saturated rings. The zero-order valence-electron chi connectivity index (χ0n) is 27.4. The zero-order chi connectivity index (χ0) is 31.9. The minimum atomic E-state index is -0.504. The molecule has 2 spiro atoms. The number of aromatic nitrogens is 3. The fourth-order valence-electron chi connectivity index (χ4n) is 8.27. The lowest BCUT2D eigenvalue weighted by Crippen LogP contribution is -2.61. The van der Waals surface area contributed by atoms with Crippen molar-refractivity contribution >= 4 is 17.6 Å². The molecule has 0 unspecified atom stereocenters. The second-order valence-corrected chi connectivity index (χ2v) is 14.7. The standard InChI is InChI=1S/C34H48FN7O3/c1-22(2)42(23(3)4)32(44)27-16-26(35)6-7-28(27)45-31-29(36-21-37-39-31)41-19-33(20-41)12-14-40(15-13-33)18-25-8-10-34(11-9-25)17-24(5)30(43)38-34/h6-7,16,21-25H,8-15,17-20H2,1-5H3,(H,38,43)/t24-,25?,34?/m0/s1. The summed E-state index contributed by atoms with van der Waals surface area (Å²) in [6, 6.07) is 3.86. The van der Waals surface area contributed by atoms with E-state index >= 15 is 0 Å². The molecular weight excluding hydrogens is 573 g/mol. The van der Waals surface area contributed by atoms with Gasteiger partial charge >= 0.3 is 0 Å². The molecule has 0 bridgehead atoms. The van der Waals surface area contributed by atoms with Gasteiger partial charge in [0, 0.05) is 48.6 Å². The van der Waals surface area contributed by atoms with Crippen LogP contribution in [0, 0.1) is 23.1 Å². The van der Waals surface area contributed by atoms with Gasteiger partial charge in [0.2, 0.25) is 5.91 Å². The van der Waals surface area contributed by atoms with Gasteiger partial charge in [-0.15, -0.1) is 10.2 Å². The number of nitrogens with zero attached hydrogens (tertiary/aromatic N) is 6. The number of benzene rings is 1. The lowest BCUT2D eigenvalue weighted by Gasteiger charge is -2.54. The van der Waals surface area contributed by atoms with Crippen LogP contribution in [-0.4, -0.2) is 87.1 Å². The molecule has 3 saturated heterocycles. The third kappa shape index (κ3) is 6.50. The number of anilines is 1. The second kappa shape index (κ2) is 12.5. The van der Waals surface area contributed by atoms with Gasteiger partial charge in [0.15, 0.2) is 5.82 Å². The zero-order valence-corrected chi connectivity index (χ0v) is 27.4. The third-order valence-corrected chi connectivity index (χ3v) is 10.7. The number of halogens is 1. The number of hydrogen-bond donors (Lipinski definition) is 1. The van der Waals surface area contributed by atoms with Crippen LogP contribution < -0.4 is 15.0 Å². The number of piperidine rings is 1. The Kier molecular flexibility index (Phi) is 8.76. The largest absolute Gasteiger partial charge is 0.434 e. The van der Waals surface area contributed by atoms with Gasteiger partial charge in [-0.05, 0) is 110 Å². The smallest absolute Gasteiger partial charge is 0.282 e. The highest BCUT2D eigenvalue weighted by atomic mass is 19.1. The number of carbonyl (C=O) groups is 2. The summed E-state index contributed by atoms with van der Waals surface area (Å²) in [7, 11) is 0. The van der Waals surface area contributed by atoms with Crippen LogP contribution in [0.5, 0.6) is 11.6 Å². The normalized spacial score (nSPS) is 26.4. The Hall–Kier alpha value is -3.34. The monoisotopic (exact) mass is 621 g/mol. The van der Waals surface area contributed by atoms with E-state index < -0.39 is 5.82 Å². The van der Waals surface area contributed by atoms with Crippen molar-refractivity contribution < 1.29 is 18.7 Å². The Bertz CT molecular complexity index is 1390. The maximum atomic E-state index is 14.3. The highest BCUT2D eigenvalue weighted by molar-refractivity contribution is 5.97. The van der Waals surface area contributed by atoms with Gasteiger partial charge < -0.3 is 24.8 Å². The number of rotatable bonds is 8. The minimum Gasteiger partial charge on any atom is -0.434 e. The Morgan fingerprint density at radius 2 is 1.80 bits per heavy atom. The summed E-state index contributed by atoms with van der Waals surface area (Å²) in [6.45, 7) is 14.9. The molecule has 4 aliphatic rings. The Labute approximate surface area is 266 Å². The van der Waals surface area contributed by atoms with Crippen molar-refractivity contribution in [2.45, 2.75) is 97.2 Å². The van der Waals surface area contributed by atoms with Gasteiger partial charge in [-0.1, -0.05) is 6.92 Å². The fourth-order valence-corrected chi connectivity index (χ4v) is 8.27. The van der Waals surface area contributed by atoms with Gasteiger partial charge in [-0.25, -0.2) is 9.37 Å². The molecule has 1 aromatic carbocycles. The van der Waals surface area contributed by atoms with Crippen LogP contribution in [0.4, 0.5) is 10.2 Å². The lowest BCUT2D eigenvalue weighted by molar-refractivity contribution is -0.122. The molecule has 6 rings (SSSR count). The second-order valence-electron chi connectivity index (χ2n) is 14.7. The third-order valence-electron chi connectivity index (χ3n) is 10.7. The lowest BCUT2D eigenvalue weighted by atomic mass is 9.71. The number of nitrogens with one attached hydrogen (secondary N) is 1. The first-order valence-corrected chi connectivity index (χ1v) is 16.7. The van der Waals surface area contributed by atoms with Crippen molar-refractivity contribution in [2.24, 2.45) is 17.3 Å². The van der Waals surface area contributed by atoms with E-state index in [9.17, 15) is 14.0 Å². The van der Waals surface area contributed by atoms with E-state index in [1.807, 2.05) is 27.7 Å². The highest BCUT2D eigenvalue weighted by Crippen LogP contribution is 2.45. The van der Waals surface area contributed by atoms with Crippen molar-refractivity contribution in [3.05, 3.63) is 35.9 Å². The first-order valence-electron chi connectivity index (χ1n) is 16.7. The maximum absolute atomic E-state index is 14.3. The van der Waals surface area contributed by atoms with E-state index in [-0.39, 0.29) is 58.0 Å². The predicted molar refractivity (Wildman–Crippen MR) is 170 cm³/mol. The van der Waals surface area contributed by atoms with Crippen LogP contribution in [0.15, 0.2) is 24.5 Å². The van der Waals surface area contributed by atoms with Crippen LogP contribution in [0.25, 0.3) is 0 Å². The summed E-state index contributed by atoms with van der Waals surface area (Å²) in [5, 5.41) is 11.5. The van der Waals surface area contributed by atoms with E-state index in [4.69, 9.17) is 4.74 Å². The van der Waals surface area contributed by atoms with Crippen LogP contribution in [0.2, 0.25) is 0 Å². The maximum Gasteiger partial charge on any atom is 0.282 e. The topological polar surface area (TPSA) is 104 Å². The summed E-state index contributed by atoms with van der Waals surface area (Å²) >= 11 is 0. The molecule has 2 aromatic rings. The van der Waals surface area contributed by atoms with Crippen molar-refractivity contribution in [3.63, 3.8) is 0 Å². The average molecular weight is 622 g/mol. The van der Waals surface area contributed by atoms with E-state index in [1.54, 1.807) is 4.90 Å². The molecule has 1 saturated carbocycles. The summed E-state index contributed by atoms with van der Waals surface area (Å²) in [5.41, 5.74) is 0.450. The SMILES string of the molecule is CC(C)N(C(=O)c1cc(F)ccc1Oc1nncnc1N1CC2(CCN(CC3CCC4(CC3)C[C@H](C)C(=O)N4)CC2)C1)C(C)C. The molecule has 11 heteroatoms. The highest BCUT2D eigenvalue weighted by Gasteiger charge is 2.48. The molecule has 0 radical (unpaired) electrons. The molecule has 2 amide bonds.